The van der Waals surface area contributed by atoms with Crippen molar-refractivity contribution >= 4 is 11.7 Å². The predicted molar refractivity (Wildman–Crippen MR) is 97.2 cm³/mol. The highest BCUT2D eigenvalue weighted by atomic mass is 16.6. The summed E-state index contributed by atoms with van der Waals surface area (Å²) in [4.78, 5) is 11.8. The number of nitrogens with one attached hydrogen (secondary N) is 1. The maximum atomic E-state index is 11.8. The predicted octanol–water partition coefficient (Wildman–Crippen LogP) is 5.42. The molecule has 23 heavy (non-hydrogen) atoms. The van der Waals surface area contributed by atoms with Gasteiger partial charge in [-0.3, -0.25) is 0 Å². The van der Waals surface area contributed by atoms with Crippen molar-refractivity contribution in [2.75, 3.05) is 0 Å². The monoisotopic (exact) mass is 313 g/mol. The number of allylic oxidation sites excluding steroid dienone is 5. The van der Waals surface area contributed by atoms with E-state index in [1.165, 1.54) is 0 Å². The summed E-state index contributed by atoms with van der Waals surface area (Å²) in [7, 11) is 0. The molecule has 1 unspecified atom stereocenters. The van der Waals surface area contributed by atoms with Gasteiger partial charge in [-0.1, -0.05) is 55.1 Å². The highest BCUT2D eigenvalue weighted by molar-refractivity contribution is 5.75. The zero-order chi connectivity index (χ0) is 17.5. The molecule has 1 amide bonds. The minimum atomic E-state index is -0.496. The standard InChI is InChI=1S/C20H27NO2/c1-7-9-17(10-8-2)18-13-11-16(12-14-18)15(3)21-19(22)23-20(4,5)6/h7-15H,1H2,2-6H3,(H,21,22)/b10-8-,17-9+. The molecule has 0 aliphatic carbocycles. The SMILES string of the molecule is C=C/C=C(\C=C/C)c1ccc(C(C)NC(=O)OC(C)(C)C)cc1. The van der Waals surface area contributed by atoms with Crippen LogP contribution in [0.3, 0.4) is 0 Å². The van der Waals surface area contributed by atoms with Crippen LogP contribution in [0.5, 0.6) is 0 Å². The van der Waals surface area contributed by atoms with E-state index < -0.39 is 11.7 Å². The molecule has 1 N–H and O–H groups in total. The van der Waals surface area contributed by atoms with Crippen LogP contribution in [-0.2, 0) is 4.74 Å². The van der Waals surface area contributed by atoms with Crippen molar-refractivity contribution in [2.24, 2.45) is 0 Å². The van der Waals surface area contributed by atoms with E-state index in [1.807, 2.05) is 77.1 Å². The number of carbonyl (C=O) groups excluding carboxylic acids is 1. The van der Waals surface area contributed by atoms with E-state index in [2.05, 4.69) is 11.9 Å². The fourth-order valence-corrected chi connectivity index (χ4v) is 2.09. The molecular weight excluding hydrogens is 286 g/mol. The fourth-order valence-electron chi connectivity index (χ4n) is 2.09. The number of ether oxygens (including phenoxy) is 1. The number of carbonyl (C=O) groups is 1. The Hall–Kier alpha value is -2.29. The van der Waals surface area contributed by atoms with Crippen LogP contribution in [0.2, 0.25) is 0 Å². The van der Waals surface area contributed by atoms with E-state index in [0.29, 0.717) is 0 Å². The van der Waals surface area contributed by atoms with Gasteiger partial charge in [-0.05, 0) is 51.3 Å². The fraction of sp³-hybridized carbons (Fsp3) is 0.350. The zero-order valence-electron chi connectivity index (χ0n) is 14.7. The molecule has 0 heterocycles. The average Bonchev–Trinajstić information content (AvgIpc) is 2.45. The lowest BCUT2D eigenvalue weighted by atomic mass is 10.0. The van der Waals surface area contributed by atoms with Gasteiger partial charge in [-0.2, -0.15) is 0 Å². The van der Waals surface area contributed by atoms with Crippen LogP contribution in [0.15, 0.2) is 55.1 Å². The molecule has 1 aromatic rings. The Morgan fingerprint density at radius 2 is 1.87 bits per heavy atom. The summed E-state index contributed by atoms with van der Waals surface area (Å²) in [6, 6.07) is 7.98. The smallest absolute Gasteiger partial charge is 0.408 e. The molecule has 3 nitrogen and oxygen atoms in total. The van der Waals surface area contributed by atoms with Crippen molar-refractivity contribution in [1.29, 1.82) is 0 Å². The van der Waals surface area contributed by atoms with Gasteiger partial charge in [0.1, 0.15) is 5.60 Å². The molecule has 0 aromatic heterocycles. The van der Waals surface area contributed by atoms with Gasteiger partial charge in [0.2, 0.25) is 0 Å². The Bertz CT molecular complexity index is 589. The number of alkyl carbamates (subject to hydrolysis) is 1. The first-order chi connectivity index (χ1) is 10.8. The molecule has 1 aromatic carbocycles. The molecule has 0 saturated heterocycles. The van der Waals surface area contributed by atoms with Crippen LogP contribution >= 0.6 is 0 Å². The minimum Gasteiger partial charge on any atom is -0.444 e. The maximum Gasteiger partial charge on any atom is 0.408 e. The van der Waals surface area contributed by atoms with Crippen molar-refractivity contribution < 1.29 is 9.53 Å². The van der Waals surface area contributed by atoms with Gasteiger partial charge in [-0.25, -0.2) is 4.79 Å². The van der Waals surface area contributed by atoms with Gasteiger partial charge in [0, 0.05) is 0 Å². The second-order valence-electron chi connectivity index (χ2n) is 6.35. The van der Waals surface area contributed by atoms with Crippen molar-refractivity contribution in [3.05, 3.63) is 66.3 Å². The van der Waals surface area contributed by atoms with Crippen molar-refractivity contribution in [3.63, 3.8) is 0 Å². The van der Waals surface area contributed by atoms with Gasteiger partial charge in [0.15, 0.2) is 0 Å². The molecule has 0 saturated carbocycles. The van der Waals surface area contributed by atoms with Gasteiger partial charge in [0.25, 0.3) is 0 Å². The molecule has 1 rings (SSSR count). The largest absolute Gasteiger partial charge is 0.444 e. The molecule has 124 valence electrons. The van der Waals surface area contributed by atoms with Gasteiger partial charge < -0.3 is 10.1 Å². The summed E-state index contributed by atoms with van der Waals surface area (Å²) < 4.78 is 5.28. The minimum absolute atomic E-state index is 0.118. The Labute approximate surface area is 139 Å². The lowest BCUT2D eigenvalue weighted by molar-refractivity contribution is 0.0508. The van der Waals surface area contributed by atoms with E-state index in [4.69, 9.17) is 4.74 Å². The summed E-state index contributed by atoms with van der Waals surface area (Å²) in [5, 5.41) is 2.85. The summed E-state index contributed by atoms with van der Waals surface area (Å²) in [6.07, 6.45) is 7.37. The van der Waals surface area contributed by atoms with Crippen LogP contribution in [0, 0.1) is 0 Å². The molecule has 0 bridgehead atoms. The lowest BCUT2D eigenvalue weighted by Crippen LogP contribution is -2.34. The van der Waals surface area contributed by atoms with Crippen LogP contribution in [-0.4, -0.2) is 11.7 Å². The highest BCUT2D eigenvalue weighted by Gasteiger charge is 2.18. The summed E-state index contributed by atoms with van der Waals surface area (Å²) in [5.74, 6) is 0. The number of amides is 1. The van der Waals surface area contributed by atoms with E-state index in [0.717, 1.165) is 16.7 Å². The van der Waals surface area contributed by atoms with Crippen LogP contribution in [0.25, 0.3) is 5.57 Å². The third-order valence-corrected chi connectivity index (χ3v) is 3.12. The normalized spacial score (nSPS) is 13.7. The second-order valence-corrected chi connectivity index (χ2v) is 6.35. The average molecular weight is 313 g/mol. The number of hydrogen-bond donors (Lipinski definition) is 1. The maximum absolute atomic E-state index is 11.8. The molecule has 0 aliphatic rings. The van der Waals surface area contributed by atoms with Crippen LogP contribution in [0.4, 0.5) is 4.79 Å². The van der Waals surface area contributed by atoms with Crippen LogP contribution < -0.4 is 5.32 Å². The Balaban J connectivity index is 2.81. The molecule has 0 fully saturated rings. The third kappa shape index (κ3) is 6.55. The first-order valence-electron chi connectivity index (χ1n) is 7.82. The molecular formula is C20H27NO2. The highest BCUT2D eigenvalue weighted by Crippen LogP contribution is 2.20. The van der Waals surface area contributed by atoms with Gasteiger partial charge >= 0.3 is 6.09 Å². The molecule has 0 spiro atoms. The van der Waals surface area contributed by atoms with E-state index in [-0.39, 0.29) is 6.04 Å². The molecule has 3 heteroatoms. The quantitative estimate of drug-likeness (QED) is 0.737. The second kappa shape index (κ2) is 8.37. The number of rotatable bonds is 5. The van der Waals surface area contributed by atoms with E-state index in [1.54, 1.807) is 6.08 Å². The first-order valence-corrected chi connectivity index (χ1v) is 7.82. The topological polar surface area (TPSA) is 38.3 Å². The number of benzene rings is 1. The van der Waals surface area contributed by atoms with Crippen molar-refractivity contribution in [2.45, 2.75) is 46.3 Å². The van der Waals surface area contributed by atoms with Crippen molar-refractivity contribution in [3.8, 4) is 0 Å². The summed E-state index contributed by atoms with van der Waals surface area (Å²) in [5.41, 5.74) is 2.74. The summed E-state index contributed by atoms with van der Waals surface area (Å²) in [6.45, 7) is 13.2. The van der Waals surface area contributed by atoms with Gasteiger partial charge in [0.05, 0.1) is 6.04 Å². The zero-order valence-corrected chi connectivity index (χ0v) is 14.7. The Kier molecular flexibility index (Phi) is 6.83. The lowest BCUT2D eigenvalue weighted by Gasteiger charge is -2.22. The van der Waals surface area contributed by atoms with Crippen LogP contribution in [0.1, 0.15) is 51.8 Å². The Morgan fingerprint density at radius 3 is 2.35 bits per heavy atom. The van der Waals surface area contributed by atoms with E-state index >= 15 is 0 Å². The summed E-state index contributed by atoms with van der Waals surface area (Å²) >= 11 is 0. The molecule has 0 aliphatic heterocycles. The third-order valence-electron chi connectivity index (χ3n) is 3.12. The Morgan fingerprint density at radius 1 is 1.26 bits per heavy atom. The van der Waals surface area contributed by atoms with Crippen molar-refractivity contribution in [1.82, 2.24) is 5.32 Å². The first kappa shape index (κ1) is 18.8. The van der Waals surface area contributed by atoms with Gasteiger partial charge in [-0.15, -0.1) is 0 Å². The van der Waals surface area contributed by atoms with E-state index in [9.17, 15) is 4.79 Å². The molecule has 1 atom stereocenters. The number of hydrogen-bond acceptors (Lipinski definition) is 2. The molecule has 0 radical (unpaired) electrons.